The molecule has 0 aliphatic carbocycles. The SMILES string of the molecule is CCC(CC)NCC(C)N1CCS(=O)(=O)CC1. The van der Waals surface area contributed by atoms with Crippen molar-refractivity contribution in [3.8, 4) is 0 Å². The Labute approximate surface area is 106 Å². The summed E-state index contributed by atoms with van der Waals surface area (Å²) in [4.78, 5) is 2.27. The zero-order chi connectivity index (χ0) is 12.9. The summed E-state index contributed by atoms with van der Waals surface area (Å²) in [5, 5.41) is 3.55. The van der Waals surface area contributed by atoms with Crippen molar-refractivity contribution in [2.24, 2.45) is 0 Å². The highest BCUT2D eigenvalue weighted by Gasteiger charge is 2.24. The number of hydrogen-bond donors (Lipinski definition) is 1. The molecule has 1 fully saturated rings. The summed E-state index contributed by atoms with van der Waals surface area (Å²) in [5.74, 6) is 0.644. The van der Waals surface area contributed by atoms with Crippen molar-refractivity contribution in [3.05, 3.63) is 0 Å². The van der Waals surface area contributed by atoms with E-state index in [0.29, 0.717) is 36.7 Å². The van der Waals surface area contributed by atoms with Crippen LogP contribution in [0.3, 0.4) is 0 Å². The van der Waals surface area contributed by atoms with Crippen LogP contribution in [0.25, 0.3) is 0 Å². The Kier molecular flexibility index (Phi) is 5.89. The second kappa shape index (κ2) is 6.71. The van der Waals surface area contributed by atoms with E-state index in [1.807, 2.05) is 0 Å². The highest BCUT2D eigenvalue weighted by molar-refractivity contribution is 7.91. The highest BCUT2D eigenvalue weighted by Crippen LogP contribution is 2.08. The van der Waals surface area contributed by atoms with Gasteiger partial charge in [0.1, 0.15) is 0 Å². The van der Waals surface area contributed by atoms with Gasteiger partial charge >= 0.3 is 0 Å². The van der Waals surface area contributed by atoms with Crippen molar-refractivity contribution in [2.75, 3.05) is 31.1 Å². The maximum absolute atomic E-state index is 11.3. The molecule has 1 saturated heterocycles. The molecule has 1 aliphatic rings. The van der Waals surface area contributed by atoms with Gasteiger partial charge in [0, 0.05) is 31.7 Å². The lowest BCUT2D eigenvalue weighted by Crippen LogP contribution is -2.49. The fourth-order valence-corrected chi connectivity index (χ4v) is 3.44. The maximum atomic E-state index is 11.3. The lowest BCUT2D eigenvalue weighted by Gasteiger charge is -2.33. The van der Waals surface area contributed by atoms with E-state index in [1.165, 1.54) is 0 Å². The molecule has 1 unspecified atom stereocenters. The smallest absolute Gasteiger partial charge is 0.152 e. The van der Waals surface area contributed by atoms with E-state index in [-0.39, 0.29) is 0 Å². The fraction of sp³-hybridized carbons (Fsp3) is 1.00. The van der Waals surface area contributed by atoms with Crippen molar-refractivity contribution in [2.45, 2.75) is 45.7 Å². The predicted octanol–water partition coefficient (Wildman–Crippen LogP) is 0.884. The third-order valence-corrected chi connectivity index (χ3v) is 5.30. The lowest BCUT2D eigenvalue weighted by atomic mass is 10.1. The molecule has 1 atom stereocenters. The van der Waals surface area contributed by atoms with Gasteiger partial charge in [0.15, 0.2) is 9.84 Å². The predicted molar refractivity (Wildman–Crippen MR) is 72.1 cm³/mol. The number of rotatable bonds is 6. The molecular weight excluding hydrogens is 236 g/mol. The molecule has 0 spiro atoms. The van der Waals surface area contributed by atoms with Gasteiger partial charge in [-0.1, -0.05) is 13.8 Å². The van der Waals surface area contributed by atoms with E-state index in [0.717, 1.165) is 19.4 Å². The van der Waals surface area contributed by atoms with Gasteiger partial charge in [-0.05, 0) is 19.8 Å². The van der Waals surface area contributed by atoms with Gasteiger partial charge in [0.2, 0.25) is 0 Å². The Balaban J connectivity index is 2.31. The molecule has 0 aromatic carbocycles. The number of sulfone groups is 1. The normalized spacial score (nSPS) is 22.8. The van der Waals surface area contributed by atoms with E-state index in [9.17, 15) is 8.42 Å². The molecule has 1 rings (SSSR count). The minimum Gasteiger partial charge on any atom is -0.312 e. The first-order valence-electron chi connectivity index (χ1n) is 6.66. The van der Waals surface area contributed by atoms with Crippen LogP contribution in [0.5, 0.6) is 0 Å². The van der Waals surface area contributed by atoms with Crippen LogP contribution in [0.15, 0.2) is 0 Å². The summed E-state index contributed by atoms with van der Waals surface area (Å²) < 4.78 is 22.7. The van der Waals surface area contributed by atoms with Gasteiger partial charge in [0.05, 0.1) is 11.5 Å². The third kappa shape index (κ3) is 4.94. The highest BCUT2D eigenvalue weighted by atomic mass is 32.2. The van der Waals surface area contributed by atoms with Crippen molar-refractivity contribution in [1.29, 1.82) is 0 Å². The van der Waals surface area contributed by atoms with Crippen LogP contribution in [0.2, 0.25) is 0 Å². The first-order chi connectivity index (χ1) is 7.98. The van der Waals surface area contributed by atoms with Crippen LogP contribution in [-0.2, 0) is 9.84 Å². The molecule has 5 heteroatoms. The maximum Gasteiger partial charge on any atom is 0.152 e. The van der Waals surface area contributed by atoms with Crippen LogP contribution in [0.4, 0.5) is 0 Å². The second-order valence-electron chi connectivity index (χ2n) is 4.96. The topological polar surface area (TPSA) is 49.4 Å². The molecule has 102 valence electrons. The zero-order valence-corrected chi connectivity index (χ0v) is 12.1. The van der Waals surface area contributed by atoms with E-state index in [4.69, 9.17) is 0 Å². The molecule has 1 heterocycles. The summed E-state index contributed by atoms with van der Waals surface area (Å²) in [5.41, 5.74) is 0. The number of nitrogens with one attached hydrogen (secondary N) is 1. The Morgan fingerprint density at radius 2 is 1.71 bits per heavy atom. The van der Waals surface area contributed by atoms with Crippen molar-refractivity contribution in [1.82, 2.24) is 10.2 Å². The van der Waals surface area contributed by atoms with Crippen LogP contribution in [-0.4, -0.2) is 56.5 Å². The average Bonchev–Trinajstić information content (AvgIpc) is 2.30. The minimum atomic E-state index is -2.75. The quantitative estimate of drug-likeness (QED) is 0.772. The van der Waals surface area contributed by atoms with Gasteiger partial charge in [-0.3, -0.25) is 4.90 Å². The van der Waals surface area contributed by atoms with Crippen LogP contribution >= 0.6 is 0 Å². The summed E-state index contributed by atoms with van der Waals surface area (Å²) >= 11 is 0. The molecule has 1 N–H and O–H groups in total. The molecule has 4 nitrogen and oxygen atoms in total. The molecule has 17 heavy (non-hydrogen) atoms. The van der Waals surface area contributed by atoms with Gasteiger partial charge in [-0.25, -0.2) is 8.42 Å². The summed E-state index contributed by atoms with van der Waals surface area (Å²) in [6, 6.07) is 1.01. The molecule has 0 bridgehead atoms. The molecule has 0 aromatic heterocycles. The van der Waals surface area contributed by atoms with Crippen molar-refractivity contribution < 1.29 is 8.42 Å². The third-order valence-electron chi connectivity index (χ3n) is 3.69. The van der Waals surface area contributed by atoms with E-state index < -0.39 is 9.84 Å². The monoisotopic (exact) mass is 262 g/mol. The summed E-state index contributed by atoms with van der Waals surface area (Å²) in [6.45, 7) is 8.89. The number of nitrogens with zero attached hydrogens (tertiary/aromatic N) is 1. The Bertz CT molecular complexity index is 298. The molecule has 0 amide bonds. The molecule has 1 aliphatic heterocycles. The van der Waals surface area contributed by atoms with Crippen LogP contribution in [0, 0.1) is 0 Å². The van der Waals surface area contributed by atoms with Crippen molar-refractivity contribution >= 4 is 9.84 Å². The Hall–Kier alpha value is -0.130. The first kappa shape index (κ1) is 14.9. The summed E-state index contributed by atoms with van der Waals surface area (Å²) in [7, 11) is -2.75. The largest absolute Gasteiger partial charge is 0.312 e. The Morgan fingerprint density at radius 1 is 1.18 bits per heavy atom. The molecular formula is C12H26N2O2S. The van der Waals surface area contributed by atoms with E-state index >= 15 is 0 Å². The van der Waals surface area contributed by atoms with E-state index in [2.05, 4.69) is 31.0 Å². The van der Waals surface area contributed by atoms with Gasteiger partial charge in [-0.2, -0.15) is 0 Å². The van der Waals surface area contributed by atoms with Gasteiger partial charge < -0.3 is 5.32 Å². The number of hydrogen-bond acceptors (Lipinski definition) is 4. The van der Waals surface area contributed by atoms with Gasteiger partial charge in [0.25, 0.3) is 0 Å². The first-order valence-corrected chi connectivity index (χ1v) is 8.48. The van der Waals surface area contributed by atoms with Crippen LogP contribution < -0.4 is 5.32 Å². The molecule has 0 aromatic rings. The minimum absolute atomic E-state index is 0.322. The lowest BCUT2D eigenvalue weighted by molar-refractivity contribution is 0.215. The molecule has 0 radical (unpaired) electrons. The molecule has 0 saturated carbocycles. The fourth-order valence-electron chi connectivity index (χ4n) is 2.21. The standard InChI is InChI=1S/C12H26N2O2S/c1-4-12(5-2)13-10-11(3)14-6-8-17(15,16)9-7-14/h11-13H,4-10H2,1-3H3. The van der Waals surface area contributed by atoms with Crippen molar-refractivity contribution in [3.63, 3.8) is 0 Å². The zero-order valence-electron chi connectivity index (χ0n) is 11.3. The van der Waals surface area contributed by atoms with Crippen LogP contribution in [0.1, 0.15) is 33.6 Å². The Morgan fingerprint density at radius 3 is 2.18 bits per heavy atom. The second-order valence-corrected chi connectivity index (χ2v) is 7.26. The average molecular weight is 262 g/mol. The summed E-state index contributed by atoms with van der Waals surface area (Å²) in [6.07, 6.45) is 2.30. The van der Waals surface area contributed by atoms with Gasteiger partial charge in [-0.15, -0.1) is 0 Å². The van der Waals surface area contributed by atoms with E-state index in [1.54, 1.807) is 0 Å².